The molecule has 2 aliphatic rings. The van der Waals surface area contributed by atoms with Gasteiger partial charge in [-0.15, -0.1) is 0 Å². The van der Waals surface area contributed by atoms with Gasteiger partial charge in [-0.05, 0) is 74.4 Å². The summed E-state index contributed by atoms with van der Waals surface area (Å²) in [7, 11) is 0. The van der Waals surface area contributed by atoms with Gasteiger partial charge in [-0.2, -0.15) is 0 Å². The number of nitrogens with zero attached hydrogens (tertiary/aromatic N) is 2. The molecule has 2 aromatic carbocycles. The Bertz CT molecular complexity index is 804. The quantitative estimate of drug-likeness (QED) is 0.734. The maximum Gasteiger partial charge on any atom is 0.321 e. The second kappa shape index (κ2) is 8.63. The number of amides is 2. The Morgan fingerprint density at radius 3 is 2.68 bits per heavy atom. The van der Waals surface area contributed by atoms with Gasteiger partial charge >= 0.3 is 6.03 Å². The third-order valence-electron chi connectivity index (χ3n) is 5.60. The third kappa shape index (κ3) is 4.46. The average molecular weight is 381 g/mol. The summed E-state index contributed by atoms with van der Waals surface area (Å²) in [6, 6.07) is 15.5. The number of hydrogen-bond acceptors (Lipinski definition) is 2. The number of benzene rings is 2. The fourth-order valence-electron chi connectivity index (χ4n) is 3.98. The predicted molar refractivity (Wildman–Crippen MR) is 112 cm³/mol. The molecule has 0 atom stereocenters. The summed E-state index contributed by atoms with van der Waals surface area (Å²) in [4.78, 5) is 17.0. The van der Waals surface area contributed by atoms with Crippen LogP contribution < -0.4 is 15.1 Å². The van der Waals surface area contributed by atoms with Crippen LogP contribution in [0.5, 0.6) is 0 Å². The van der Waals surface area contributed by atoms with Gasteiger partial charge in [-0.25, -0.2) is 9.18 Å². The highest BCUT2D eigenvalue weighted by Gasteiger charge is 2.29. The molecule has 5 heteroatoms. The van der Waals surface area contributed by atoms with Crippen molar-refractivity contribution in [2.75, 3.05) is 29.4 Å². The number of fused-ring (bicyclic) bond motifs is 1. The number of rotatable bonds is 6. The van der Waals surface area contributed by atoms with Crippen molar-refractivity contribution in [2.45, 2.75) is 44.6 Å². The number of carbonyl (C=O) groups is 1. The lowest BCUT2D eigenvalue weighted by atomic mass is 10.1. The van der Waals surface area contributed by atoms with Crippen molar-refractivity contribution in [3.8, 4) is 0 Å². The van der Waals surface area contributed by atoms with Crippen LogP contribution in [0.25, 0.3) is 0 Å². The van der Waals surface area contributed by atoms with E-state index in [0.717, 1.165) is 50.1 Å². The SMILES string of the molecule is O=C(NCCCN(c1ccc(F)cc1)C1CC1)N1CCCCc2ccccc21. The van der Waals surface area contributed by atoms with E-state index in [9.17, 15) is 9.18 Å². The van der Waals surface area contributed by atoms with E-state index in [1.165, 1.54) is 30.5 Å². The normalized spacial score (nSPS) is 16.2. The summed E-state index contributed by atoms with van der Waals surface area (Å²) in [5.41, 5.74) is 3.37. The molecule has 2 aromatic rings. The van der Waals surface area contributed by atoms with Crippen LogP contribution in [0.4, 0.5) is 20.6 Å². The summed E-state index contributed by atoms with van der Waals surface area (Å²) < 4.78 is 13.2. The van der Waals surface area contributed by atoms with E-state index in [-0.39, 0.29) is 11.8 Å². The zero-order chi connectivity index (χ0) is 19.3. The van der Waals surface area contributed by atoms with Crippen molar-refractivity contribution in [3.05, 3.63) is 59.9 Å². The first kappa shape index (κ1) is 18.8. The highest BCUT2D eigenvalue weighted by Crippen LogP contribution is 2.31. The van der Waals surface area contributed by atoms with Crippen molar-refractivity contribution < 1.29 is 9.18 Å². The van der Waals surface area contributed by atoms with Gasteiger partial charge in [0, 0.05) is 37.1 Å². The lowest BCUT2D eigenvalue weighted by Gasteiger charge is -2.26. The monoisotopic (exact) mass is 381 g/mol. The molecular formula is C23H28FN3O. The van der Waals surface area contributed by atoms with Crippen molar-refractivity contribution in [2.24, 2.45) is 0 Å². The molecule has 1 fully saturated rings. The molecule has 2 amide bonds. The Labute approximate surface area is 166 Å². The van der Waals surface area contributed by atoms with E-state index in [2.05, 4.69) is 16.3 Å². The molecule has 0 radical (unpaired) electrons. The van der Waals surface area contributed by atoms with E-state index in [0.29, 0.717) is 12.6 Å². The van der Waals surface area contributed by atoms with Gasteiger partial charge in [0.2, 0.25) is 0 Å². The minimum absolute atomic E-state index is 0.00546. The lowest BCUT2D eigenvalue weighted by Crippen LogP contribution is -2.41. The zero-order valence-corrected chi connectivity index (χ0v) is 16.2. The van der Waals surface area contributed by atoms with Gasteiger partial charge in [-0.1, -0.05) is 18.2 Å². The lowest BCUT2D eigenvalue weighted by molar-refractivity contribution is 0.246. The number of halogens is 1. The highest BCUT2D eigenvalue weighted by molar-refractivity contribution is 5.92. The molecule has 0 spiro atoms. The molecule has 1 aliphatic carbocycles. The number of carbonyl (C=O) groups excluding carboxylic acids is 1. The highest BCUT2D eigenvalue weighted by atomic mass is 19.1. The summed E-state index contributed by atoms with van der Waals surface area (Å²) >= 11 is 0. The molecular weight excluding hydrogens is 353 g/mol. The number of aryl methyl sites for hydroxylation is 1. The summed E-state index contributed by atoms with van der Waals surface area (Å²) in [6.07, 6.45) is 6.43. The number of para-hydroxylation sites is 1. The molecule has 1 heterocycles. The second-order valence-electron chi connectivity index (χ2n) is 7.72. The summed E-state index contributed by atoms with van der Waals surface area (Å²) in [5.74, 6) is -0.204. The topological polar surface area (TPSA) is 35.6 Å². The minimum atomic E-state index is -0.204. The van der Waals surface area contributed by atoms with E-state index in [1.807, 2.05) is 35.2 Å². The van der Waals surface area contributed by atoms with E-state index < -0.39 is 0 Å². The molecule has 0 bridgehead atoms. The maximum atomic E-state index is 13.2. The van der Waals surface area contributed by atoms with Crippen LogP contribution >= 0.6 is 0 Å². The molecule has 28 heavy (non-hydrogen) atoms. The van der Waals surface area contributed by atoms with E-state index in [1.54, 1.807) is 0 Å². The van der Waals surface area contributed by atoms with Crippen LogP contribution in [0.1, 0.15) is 37.7 Å². The van der Waals surface area contributed by atoms with Crippen molar-refractivity contribution >= 4 is 17.4 Å². The van der Waals surface area contributed by atoms with Crippen molar-refractivity contribution in [3.63, 3.8) is 0 Å². The predicted octanol–water partition coefficient (Wildman–Crippen LogP) is 4.74. The number of hydrogen-bond donors (Lipinski definition) is 1. The van der Waals surface area contributed by atoms with Gasteiger partial charge in [0.25, 0.3) is 0 Å². The zero-order valence-electron chi connectivity index (χ0n) is 16.2. The van der Waals surface area contributed by atoms with E-state index in [4.69, 9.17) is 0 Å². The van der Waals surface area contributed by atoms with Crippen molar-refractivity contribution in [1.29, 1.82) is 0 Å². The van der Waals surface area contributed by atoms with Gasteiger partial charge in [-0.3, -0.25) is 4.90 Å². The molecule has 1 N–H and O–H groups in total. The molecule has 0 saturated heterocycles. The van der Waals surface area contributed by atoms with Gasteiger partial charge in [0.1, 0.15) is 5.82 Å². The van der Waals surface area contributed by atoms with Gasteiger partial charge in [0.15, 0.2) is 0 Å². The number of urea groups is 1. The standard InChI is InChI=1S/C23H28FN3O/c24-19-9-11-20(12-10-19)26(21-13-14-21)17-5-15-25-23(28)27-16-4-3-7-18-6-1-2-8-22(18)27/h1-2,6,8-12,21H,3-5,7,13-17H2,(H,25,28). The van der Waals surface area contributed by atoms with Crippen LogP contribution in [-0.4, -0.2) is 31.7 Å². The molecule has 1 saturated carbocycles. The first-order valence-corrected chi connectivity index (χ1v) is 10.4. The summed E-state index contributed by atoms with van der Waals surface area (Å²) in [5, 5.41) is 3.10. The minimum Gasteiger partial charge on any atom is -0.368 e. The van der Waals surface area contributed by atoms with E-state index >= 15 is 0 Å². The Morgan fingerprint density at radius 1 is 1.11 bits per heavy atom. The van der Waals surface area contributed by atoms with Crippen LogP contribution in [0.3, 0.4) is 0 Å². The molecule has 4 nitrogen and oxygen atoms in total. The average Bonchev–Trinajstić information content (AvgIpc) is 3.55. The Hall–Kier alpha value is -2.56. The smallest absolute Gasteiger partial charge is 0.321 e. The Balaban J connectivity index is 1.31. The maximum absolute atomic E-state index is 13.2. The third-order valence-corrected chi connectivity index (χ3v) is 5.60. The van der Waals surface area contributed by atoms with Crippen LogP contribution in [-0.2, 0) is 6.42 Å². The Morgan fingerprint density at radius 2 is 1.89 bits per heavy atom. The molecule has 1 aliphatic heterocycles. The fraction of sp³-hybridized carbons (Fsp3) is 0.435. The molecule has 0 unspecified atom stereocenters. The summed E-state index contributed by atoms with van der Waals surface area (Å²) in [6.45, 7) is 2.28. The van der Waals surface area contributed by atoms with Crippen molar-refractivity contribution in [1.82, 2.24) is 5.32 Å². The van der Waals surface area contributed by atoms with Crippen LogP contribution in [0.15, 0.2) is 48.5 Å². The first-order valence-electron chi connectivity index (χ1n) is 10.4. The largest absolute Gasteiger partial charge is 0.368 e. The number of nitrogens with one attached hydrogen (secondary N) is 1. The fourth-order valence-corrected chi connectivity index (χ4v) is 3.98. The first-order chi connectivity index (χ1) is 13.7. The molecule has 0 aromatic heterocycles. The van der Waals surface area contributed by atoms with Gasteiger partial charge < -0.3 is 10.2 Å². The second-order valence-corrected chi connectivity index (χ2v) is 7.72. The number of anilines is 2. The molecule has 148 valence electrons. The molecule has 4 rings (SSSR count). The van der Waals surface area contributed by atoms with Crippen LogP contribution in [0.2, 0.25) is 0 Å². The Kier molecular flexibility index (Phi) is 5.79. The van der Waals surface area contributed by atoms with Gasteiger partial charge in [0.05, 0.1) is 0 Å². The van der Waals surface area contributed by atoms with Crippen LogP contribution in [0, 0.1) is 5.82 Å².